The average molecular weight is 314 g/mol. The molecule has 0 radical (unpaired) electrons. The summed E-state index contributed by atoms with van der Waals surface area (Å²) >= 11 is 3.39. The first kappa shape index (κ1) is 14.7. The van der Waals surface area contributed by atoms with Crippen molar-refractivity contribution in [3.8, 4) is 0 Å². The molecule has 2 N–H and O–H groups in total. The zero-order valence-corrected chi connectivity index (χ0v) is 12.2. The Morgan fingerprint density at radius 1 is 1.39 bits per heavy atom. The van der Waals surface area contributed by atoms with Gasteiger partial charge in [0.05, 0.1) is 11.1 Å². The van der Waals surface area contributed by atoms with E-state index in [0.29, 0.717) is 5.69 Å². The van der Waals surface area contributed by atoms with Crippen molar-refractivity contribution < 1.29 is 14.7 Å². The molecular formula is C13H16BrNO3. The molecule has 0 aliphatic rings. The van der Waals surface area contributed by atoms with E-state index in [1.54, 1.807) is 6.07 Å². The average Bonchev–Trinajstić information content (AvgIpc) is 2.23. The second-order valence-electron chi connectivity index (χ2n) is 4.85. The number of hydrogen-bond acceptors (Lipinski definition) is 2. The number of amides is 1. The minimum absolute atomic E-state index is 0.0668. The minimum Gasteiger partial charge on any atom is -0.481 e. The van der Waals surface area contributed by atoms with Gasteiger partial charge in [0, 0.05) is 10.9 Å². The van der Waals surface area contributed by atoms with Crippen LogP contribution in [0.15, 0.2) is 22.7 Å². The molecule has 18 heavy (non-hydrogen) atoms. The van der Waals surface area contributed by atoms with E-state index in [2.05, 4.69) is 21.2 Å². The number of rotatable bonds is 4. The molecule has 5 heteroatoms. The molecule has 0 unspecified atom stereocenters. The van der Waals surface area contributed by atoms with Gasteiger partial charge in [-0.3, -0.25) is 9.59 Å². The van der Waals surface area contributed by atoms with Crippen LogP contribution in [0.25, 0.3) is 0 Å². The Hall–Kier alpha value is -1.36. The summed E-state index contributed by atoms with van der Waals surface area (Å²) in [7, 11) is 0. The van der Waals surface area contributed by atoms with Crippen LogP contribution in [-0.2, 0) is 9.59 Å². The molecule has 1 rings (SSSR count). The van der Waals surface area contributed by atoms with Crippen LogP contribution in [0.4, 0.5) is 5.69 Å². The van der Waals surface area contributed by atoms with E-state index in [9.17, 15) is 9.59 Å². The first-order valence-electron chi connectivity index (χ1n) is 5.52. The molecule has 0 heterocycles. The molecule has 0 bridgehead atoms. The van der Waals surface area contributed by atoms with Gasteiger partial charge in [-0.15, -0.1) is 0 Å². The SMILES string of the molecule is Cc1cccc(NC(=O)CC(C)(C)C(=O)O)c1Br. The van der Waals surface area contributed by atoms with E-state index < -0.39 is 11.4 Å². The summed E-state index contributed by atoms with van der Waals surface area (Å²) in [5.41, 5.74) is 0.590. The standard InChI is InChI=1S/C13H16BrNO3/c1-8-5-4-6-9(11(8)14)15-10(16)7-13(2,3)12(17)18/h4-6H,7H2,1-3H3,(H,15,16)(H,17,18). The fourth-order valence-electron chi connectivity index (χ4n) is 1.42. The maximum atomic E-state index is 11.8. The summed E-state index contributed by atoms with van der Waals surface area (Å²) in [6, 6.07) is 5.52. The van der Waals surface area contributed by atoms with Gasteiger partial charge in [-0.2, -0.15) is 0 Å². The first-order chi connectivity index (χ1) is 8.24. The van der Waals surface area contributed by atoms with Crippen LogP contribution in [-0.4, -0.2) is 17.0 Å². The van der Waals surface area contributed by atoms with Crippen LogP contribution in [0.3, 0.4) is 0 Å². The number of carboxylic acids is 1. The fraction of sp³-hybridized carbons (Fsp3) is 0.385. The minimum atomic E-state index is -1.07. The normalized spacial score (nSPS) is 11.1. The summed E-state index contributed by atoms with van der Waals surface area (Å²) in [6.45, 7) is 4.97. The Morgan fingerprint density at radius 3 is 2.56 bits per heavy atom. The lowest BCUT2D eigenvalue weighted by atomic mass is 9.89. The second kappa shape index (κ2) is 5.52. The second-order valence-corrected chi connectivity index (χ2v) is 5.64. The predicted octanol–water partition coefficient (Wildman–Crippen LogP) is 3.20. The molecule has 4 nitrogen and oxygen atoms in total. The zero-order chi connectivity index (χ0) is 13.9. The van der Waals surface area contributed by atoms with Crippen molar-refractivity contribution in [2.45, 2.75) is 27.2 Å². The Labute approximate surface area is 115 Å². The maximum absolute atomic E-state index is 11.8. The maximum Gasteiger partial charge on any atom is 0.309 e. The number of carbonyl (C=O) groups is 2. The monoisotopic (exact) mass is 313 g/mol. The van der Waals surface area contributed by atoms with Crippen LogP contribution in [0.5, 0.6) is 0 Å². The number of anilines is 1. The summed E-state index contributed by atoms with van der Waals surface area (Å²) in [5, 5.41) is 11.7. The third kappa shape index (κ3) is 3.57. The Balaban J connectivity index is 2.77. The van der Waals surface area contributed by atoms with Gasteiger partial charge in [-0.25, -0.2) is 0 Å². The van der Waals surface area contributed by atoms with E-state index in [-0.39, 0.29) is 12.3 Å². The lowest BCUT2D eigenvalue weighted by Crippen LogP contribution is -2.29. The van der Waals surface area contributed by atoms with Crippen LogP contribution >= 0.6 is 15.9 Å². The van der Waals surface area contributed by atoms with Crippen molar-refractivity contribution in [2.24, 2.45) is 5.41 Å². The largest absolute Gasteiger partial charge is 0.481 e. The number of benzene rings is 1. The molecule has 0 saturated heterocycles. The summed E-state index contributed by atoms with van der Waals surface area (Å²) in [5.74, 6) is -1.30. The van der Waals surface area contributed by atoms with E-state index >= 15 is 0 Å². The van der Waals surface area contributed by atoms with Gasteiger partial charge in [-0.1, -0.05) is 12.1 Å². The van der Waals surface area contributed by atoms with Gasteiger partial charge in [0.1, 0.15) is 0 Å². The molecule has 1 amide bonds. The zero-order valence-electron chi connectivity index (χ0n) is 10.6. The summed E-state index contributed by atoms with van der Waals surface area (Å²) in [6.07, 6.45) is -0.0668. The highest BCUT2D eigenvalue weighted by molar-refractivity contribution is 9.10. The van der Waals surface area contributed by atoms with Gasteiger partial charge in [0.15, 0.2) is 0 Å². The Morgan fingerprint density at radius 2 is 2.00 bits per heavy atom. The number of hydrogen-bond donors (Lipinski definition) is 2. The highest BCUT2D eigenvalue weighted by Crippen LogP contribution is 2.27. The first-order valence-corrected chi connectivity index (χ1v) is 6.31. The van der Waals surface area contributed by atoms with Gasteiger partial charge >= 0.3 is 5.97 Å². The lowest BCUT2D eigenvalue weighted by Gasteiger charge is -2.18. The van der Waals surface area contributed by atoms with Crippen LogP contribution < -0.4 is 5.32 Å². The molecule has 0 aliphatic carbocycles. The van der Waals surface area contributed by atoms with Gasteiger partial charge in [0.25, 0.3) is 0 Å². The molecule has 0 saturated carbocycles. The Kier molecular flexibility index (Phi) is 4.51. The number of halogens is 1. The van der Waals surface area contributed by atoms with Crippen molar-refractivity contribution in [2.75, 3.05) is 5.32 Å². The smallest absolute Gasteiger partial charge is 0.309 e. The molecule has 0 aromatic heterocycles. The molecular weight excluding hydrogens is 298 g/mol. The van der Waals surface area contributed by atoms with Gasteiger partial charge < -0.3 is 10.4 Å². The van der Waals surface area contributed by atoms with Crippen LogP contribution in [0.1, 0.15) is 25.8 Å². The van der Waals surface area contributed by atoms with E-state index in [4.69, 9.17) is 5.11 Å². The number of aliphatic carboxylic acids is 1. The summed E-state index contributed by atoms with van der Waals surface area (Å²) in [4.78, 5) is 22.7. The van der Waals surface area contributed by atoms with Crippen molar-refractivity contribution >= 4 is 33.5 Å². The number of carbonyl (C=O) groups excluding carboxylic acids is 1. The van der Waals surface area contributed by atoms with Crippen molar-refractivity contribution in [3.05, 3.63) is 28.2 Å². The lowest BCUT2D eigenvalue weighted by molar-refractivity contribution is -0.148. The molecule has 0 fully saturated rings. The molecule has 0 spiro atoms. The van der Waals surface area contributed by atoms with Crippen LogP contribution in [0.2, 0.25) is 0 Å². The van der Waals surface area contributed by atoms with E-state index in [0.717, 1.165) is 10.0 Å². The van der Waals surface area contributed by atoms with Gasteiger partial charge in [-0.05, 0) is 48.3 Å². The number of aryl methyl sites for hydroxylation is 1. The topological polar surface area (TPSA) is 66.4 Å². The highest BCUT2D eigenvalue weighted by Gasteiger charge is 2.30. The van der Waals surface area contributed by atoms with Crippen LogP contribution in [0, 0.1) is 12.3 Å². The molecule has 98 valence electrons. The summed E-state index contributed by atoms with van der Waals surface area (Å²) < 4.78 is 0.812. The molecule has 0 aliphatic heterocycles. The quantitative estimate of drug-likeness (QED) is 0.897. The number of nitrogens with one attached hydrogen (secondary N) is 1. The highest BCUT2D eigenvalue weighted by atomic mass is 79.9. The fourth-order valence-corrected chi connectivity index (χ4v) is 1.78. The van der Waals surface area contributed by atoms with Gasteiger partial charge in [0.2, 0.25) is 5.91 Å². The number of carboxylic acid groups (broad SMARTS) is 1. The van der Waals surface area contributed by atoms with E-state index in [1.165, 1.54) is 13.8 Å². The third-order valence-corrected chi connectivity index (χ3v) is 3.70. The Bertz CT molecular complexity index is 483. The molecule has 1 aromatic carbocycles. The predicted molar refractivity (Wildman–Crippen MR) is 73.5 cm³/mol. The van der Waals surface area contributed by atoms with Crippen molar-refractivity contribution in [1.82, 2.24) is 0 Å². The molecule has 0 atom stereocenters. The van der Waals surface area contributed by atoms with Crippen molar-refractivity contribution in [3.63, 3.8) is 0 Å². The third-order valence-electron chi connectivity index (χ3n) is 2.65. The van der Waals surface area contributed by atoms with E-state index in [1.807, 2.05) is 19.1 Å². The van der Waals surface area contributed by atoms with Crippen molar-refractivity contribution in [1.29, 1.82) is 0 Å². The molecule has 1 aromatic rings.